The summed E-state index contributed by atoms with van der Waals surface area (Å²) in [5.74, 6) is -1.96. The standard InChI is InChI=1S/C42H75N5O25/c1-3-43-23(50)7-5-4-6-8-44-24(51)13-47(14-25(52)45-9-11-65-39-34(61)31(58)27(54)19(2)68-39)15-26(53)46-10-12-66-41-37(64)38(72-42-36(63)33(60)29(56)21(17-49)70-42)30(57)22(71-41)18-67-40-35(62)32(59)28(55)20(16-48)69-40/h19-22,27-42,48-49,54-64H,3-18H2,1-2H3,(H,43,50)(H,44,51)(H,45,52)(H,46,53)/t19-,20+,21+,22+,27+,28?,29+,30+,31+,32-,33-,34-,35-,36-,37-,38-,39+,40-,41-,42+/m0/s1. The summed E-state index contributed by atoms with van der Waals surface area (Å²) in [7, 11) is 0. The molecule has 1 unspecified atom stereocenters. The molecule has 0 aromatic heterocycles. The van der Waals surface area contributed by atoms with E-state index >= 15 is 0 Å². The molecule has 4 aliphatic rings. The number of aliphatic hydroxyl groups excluding tert-OH is 13. The second-order valence-corrected chi connectivity index (χ2v) is 17.7. The van der Waals surface area contributed by atoms with E-state index in [9.17, 15) is 85.6 Å². The lowest BCUT2D eigenvalue weighted by Gasteiger charge is -2.46. The van der Waals surface area contributed by atoms with Gasteiger partial charge in [0.2, 0.25) is 23.6 Å². The van der Waals surface area contributed by atoms with Crippen LogP contribution in [-0.2, 0) is 57.1 Å². The SMILES string of the molecule is CCNC(=O)CCCCCNC(=O)CN(CC(=O)NCCO[C@@H]1O[C@@H](C)[C@@H](O)[C@@H](O)[C@@H]1O)CC(=O)NCCO[C@H]1O[C@H](CO[C@H]2O[C@H](CO)C(O)[C@H](O)[C@@H]2O)[C@@H](O)[C@H](O[C@H]2O[C@H](CO)[C@@H](O)[C@H](O)[C@@H]2O)[C@@H]1O. The van der Waals surface area contributed by atoms with Crippen LogP contribution in [0.4, 0.5) is 0 Å². The molecule has 20 atom stereocenters. The molecule has 418 valence electrons. The van der Waals surface area contributed by atoms with Crippen molar-refractivity contribution in [1.82, 2.24) is 26.2 Å². The van der Waals surface area contributed by atoms with Gasteiger partial charge in [-0.1, -0.05) is 6.42 Å². The molecule has 4 aliphatic heterocycles. The third-order valence-corrected chi connectivity index (χ3v) is 12.2. The van der Waals surface area contributed by atoms with Gasteiger partial charge in [-0.15, -0.1) is 0 Å². The smallest absolute Gasteiger partial charge is 0.234 e. The third kappa shape index (κ3) is 17.8. The highest BCUT2D eigenvalue weighted by Crippen LogP contribution is 2.31. The largest absolute Gasteiger partial charge is 0.394 e. The number of rotatable bonds is 28. The molecule has 4 amide bonds. The highest BCUT2D eigenvalue weighted by atomic mass is 16.8. The molecule has 0 saturated carbocycles. The van der Waals surface area contributed by atoms with Crippen LogP contribution in [0.15, 0.2) is 0 Å². The highest BCUT2D eigenvalue weighted by molar-refractivity contribution is 5.84. The lowest BCUT2D eigenvalue weighted by Crippen LogP contribution is -2.65. The molecule has 72 heavy (non-hydrogen) atoms. The van der Waals surface area contributed by atoms with Crippen LogP contribution in [0.25, 0.3) is 0 Å². The van der Waals surface area contributed by atoms with Crippen molar-refractivity contribution in [2.24, 2.45) is 0 Å². The van der Waals surface area contributed by atoms with Crippen LogP contribution in [0.2, 0.25) is 0 Å². The van der Waals surface area contributed by atoms with E-state index in [1.54, 1.807) is 0 Å². The molecule has 4 rings (SSSR count). The first-order valence-electron chi connectivity index (χ1n) is 23.8. The number of carbonyl (C=O) groups is 4. The zero-order chi connectivity index (χ0) is 53.2. The van der Waals surface area contributed by atoms with Crippen molar-refractivity contribution in [2.75, 3.05) is 78.8 Å². The van der Waals surface area contributed by atoms with Crippen molar-refractivity contribution < 1.29 is 123 Å². The first kappa shape index (κ1) is 61.5. The molecule has 4 fully saturated rings. The summed E-state index contributed by atoms with van der Waals surface area (Å²) in [6, 6.07) is 0. The Hall–Kier alpha value is -3.00. The predicted molar refractivity (Wildman–Crippen MR) is 236 cm³/mol. The monoisotopic (exact) mass is 1050 g/mol. The van der Waals surface area contributed by atoms with Crippen molar-refractivity contribution in [2.45, 2.75) is 162 Å². The quantitative estimate of drug-likeness (QED) is 0.0324. The minimum absolute atomic E-state index is 0.0834. The second-order valence-electron chi connectivity index (χ2n) is 17.7. The molecule has 0 aromatic rings. The molecule has 0 aromatic carbocycles. The van der Waals surface area contributed by atoms with Gasteiger partial charge in [0.1, 0.15) is 91.6 Å². The molecule has 0 spiro atoms. The van der Waals surface area contributed by atoms with Crippen LogP contribution >= 0.6 is 0 Å². The van der Waals surface area contributed by atoms with Crippen LogP contribution in [0.5, 0.6) is 0 Å². The van der Waals surface area contributed by atoms with Crippen LogP contribution in [0.3, 0.4) is 0 Å². The van der Waals surface area contributed by atoms with Gasteiger partial charge < -0.3 is 126 Å². The van der Waals surface area contributed by atoms with Gasteiger partial charge in [0.25, 0.3) is 0 Å². The fourth-order valence-corrected chi connectivity index (χ4v) is 8.00. The summed E-state index contributed by atoms with van der Waals surface area (Å²) in [6.45, 7) is -0.738. The fourth-order valence-electron chi connectivity index (χ4n) is 8.00. The maximum atomic E-state index is 13.2. The number of unbranched alkanes of at least 4 members (excludes halogenated alkanes) is 2. The minimum atomic E-state index is -1.97. The van der Waals surface area contributed by atoms with E-state index in [0.717, 1.165) is 0 Å². The number of nitrogens with zero attached hydrogens (tertiary/aromatic N) is 1. The summed E-state index contributed by atoms with van der Waals surface area (Å²) >= 11 is 0. The van der Waals surface area contributed by atoms with Crippen molar-refractivity contribution in [3.63, 3.8) is 0 Å². The van der Waals surface area contributed by atoms with Crippen LogP contribution in [-0.4, -0.2) is 297 Å². The number of carbonyl (C=O) groups excluding carboxylic acids is 4. The Morgan fingerprint density at radius 2 is 0.931 bits per heavy atom. The molecule has 4 heterocycles. The maximum Gasteiger partial charge on any atom is 0.234 e. The van der Waals surface area contributed by atoms with Gasteiger partial charge in [0.15, 0.2) is 25.2 Å². The zero-order valence-corrected chi connectivity index (χ0v) is 40.0. The Kier molecular flexibility index (Phi) is 26.1. The molecule has 0 radical (unpaired) electrons. The summed E-state index contributed by atoms with van der Waals surface area (Å²) in [4.78, 5) is 52.1. The van der Waals surface area contributed by atoms with Crippen LogP contribution in [0.1, 0.15) is 39.5 Å². The van der Waals surface area contributed by atoms with Gasteiger partial charge in [-0.2, -0.15) is 0 Å². The zero-order valence-electron chi connectivity index (χ0n) is 40.0. The topological polar surface area (TPSA) is 456 Å². The van der Waals surface area contributed by atoms with Crippen molar-refractivity contribution in [3.8, 4) is 0 Å². The molecule has 4 saturated heterocycles. The molecular weight excluding hydrogens is 974 g/mol. The predicted octanol–water partition coefficient (Wildman–Crippen LogP) is -10.4. The Balaban J connectivity index is 1.36. The Morgan fingerprint density at radius 3 is 1.46 bits per heavy atom. The number of nitrogens with one attached hydrogen (secondary N) is 4. The molecule has 17 N–H and O–H groups in total. The summed E-state index contributed by atoms with van der Waals surface area (Å²) in [5.41, 5.74) is 0. The summed E-state index contributed by atoms with van der Waals surface area (Å²) in [6.07, 6.45) is -30.9. The summed E-state index contributed by atoms with van der Waals surface area (Å²) in [5, 5.41) is 145. The van der Waals surface area contributed by atoms with E-state index in [2.05, 4.69) is 21.3 Å². The number of amides is 4. The Labute approximate surface area is 414 Å². The molecule has 30 nitrogen and oxygen atoms in total. The maximum absolute atomic E-state index is 13.2. The van der Waals surface area contributed by atoms with E-state index in [4.69, 9.17) is 37.9 Å². The molecule has 0 bridgehead atoms. The highest BCUT2D eigenvalue weighted by Gasteiger charge is 2.52. The first-order chi connectivity index (χ1) is 34.2. The van der Waals surface area contributed by atoms with Gasteiger partial charge in [-0.25, -0.2) is 0 Å². The number of hydrogen-bond donors (Lipinski definition) is 17. The first-order valence-corrected chi connectivity index (χ1v) is 23.8. The van der Waals surface area contributed by atoms with E-state index in [0.29, 0.717) is 32.2 Å². The van der Waals surface area contributed by atoms with Gasteiger partial charge in [-0.05, 0) is 26.7 Å². The normalized spacial score (nSPS) is 37.2. The van der Waals surface area contributed by atoms with Crippen molar-refractivity contribution >= 4 is 23.6 Å². The lowest BCUT2D eigenvalue weighted by molar-refractivity contribution is -0.366. The molecule has 0 aliphatic carbocycles. The Morgan fingerprint density at radius 1 is 0.472 bits per heavy atom. The average Bonchev–Trinajstić information content (AvgIpc) is 3.34. The van der Waals surface area contributed by atoms with E-state index in [1.165, 1.54) is 11.8 Å². The van der Waals surface area contributed by atoms with Crippen LogP contribution in [0, 0.1) is 0 Å². The van der Waals surface area contributed by atoms with E-state index in [1.807, 2.05) is 6.92 Å². The molecular formula is C42H75N5O25. The number of aliphatic hydroxyl groups is 13. The van der Waals surface area contributed by atoms with Crippen LogP contribution < -0.4 is 21.3 Å². The average molecular weight is 1050 g/mol. The van der Waals surface area contributed by atoms with Gasteiger partial charge in [-0.3, -0.25) is 24.1 Å². The van der Waals surface area contributed by atoms with Gasteiger partial charge >= 0.3 is 0 Å². The third-order valence-electron chi connectivity index (χ3n) is 12.2. The van der Waals surface area contributed by atoms with E-state index < -0.39 is 187 Å². The summed E-state index contributed by atoms with van der Waals surface area (Å²) < 4.78 is 44.2. The minimum Gasteiger partial charge on any atom is -0.394 e. The van der Waals surface area contributed by atoms with Crippen molar-refractivity contribution in [3.05, 3.63) is 0 Å². The number of hydrogen-bond acceptors (Lipinski definition) is 26. The molecule has 30 heteroatoms. The fraction of sp³-hybridized carbons (Fsp3) is 0.905. The second kappa shape index (κ2) is 30.5. The number of ether oxygens (including phenoxy) is 8. The lowest BCUT2D eigenvalue weighted by atomic mass is 9.96. The van der Waals surface area contributed by atoms with Gasteiger partial charge in [0.05, 0.1) is 58.8 Å². The van der Waals surface area contributed by atoms with E-state index in [-0.39, 0.29) is 32.1 Å². The van der Waals surface area contributed by atoms with Crippen molar-refractivity contribution in [1.29, 1.82) is 0 Å². The van der Waals surface area contributed by atoms with Gasteiger partial charge in [0, 0.05) is 32.6 Å². The Bertz CT molecular complexity index is 1640.